The first kappa shape index (κ1) is 18.5. The fourth-order valence-corrected chi connectivity index (χ4v) is 2.95. The van der Waals surface area contributed by atoms with Gasteiger partial charge in [-0.3, -0.25) is 9.59 Å². The van der Waals surface area contributed by atoms with Gasteiger partial charge in [-0.15, -0.1) is 0 Å². The summed E-state index contributed by atoms with van der Waals surface area (Å²) in [7, 11) is 1.52. The van der Waals surface area contributed by atoms with Crippen LogP contribution in [0, 0.1) is 0 Å². The van der Waals surface area contributed by atoms with Gasteiger partial charge >= 0.3 is 0 Å². The van der Waals surface area contributed by atoms with Crippen LogP contribution in [-0.2, 0) is 4.79 Å². The molecule has 1 N–H and O–H groups in total. The molecule has 0 bridgehead atoms. The van der Waals surface area contributed by atoms with E-state index in [1.54, 1.807) is 54.3 Å². The summed E-state index contributed by atoms with van der Waals surface area (Å²) in [5.74, 6) is 0.639. The van der Waals surface area contributed by atoms with Gasteiger partial charge in [0.2, 0.25) is 0 Å². The highest BCUT2D eigenvalue weighted by Gasteiger charge is 2.31. The third-order valence-corrected chi connectivity index (χ3v) is 4.21. The van der Waals surface area contributed by atoms with Crippen LogP contribution in [0.1, 0.15) is 24.2 Å². The molecule has 1 unspecified atom stereocenters. The van der Waals surface area contributed by atoms with Crippen molar-refractivity contribution in [1.82, 2.24) is 0 Å². The lowest BCUT2D eigenvalue weighted by molar-refractivity contribution is -0.125. The number of benzene rings is 2. The Hall–Kier alpha value is -3.28. The Kier molecular flexibility index (Phi) is 5.16. The van der Waals surface area contributed by atoms with E-state index in [-0.39, 0.29) is 11.8 Å². The molecule has 6 nitrogen and oxygen atoms in total. The number of carbonyl (C=O) groups excluding carboxylic acids is 2. The zero-order valence-electron chi connectivity index (χ0n) is 15.6. The Balaban J connectivity index is 1.87. The number of nitrogens with zero attached hydrogens (tertiary/aromatic N) is 1. The van der Waals surface area contributed by atoms with Crippen molar-refractivity contribution in [3.8, 4) is 11.5 Å². The molecule has 1 aliphatic rings. The standard InChI is InChI=1S/C21H22N2O4/c1-13(2)12-23-17-10-9-15(11-19(17)27-14(3)21(23)25)22-20(24)16-7-5-6-8-18(16)26-4/h5-11,14H,1,12H2,2-4H3,(H,22,24). The molecule has 27 heavy (non-hydrogen) atoms. The first-order chi connectivity index (χ1) is 12.9. The highest BCUT2D eigenvalue weighted by atomic mass is 16.5. The lowest BCUT2D eigenvalue weighted by Gasteiger charge is -2.33. The van der Waals surface area contributed by atoms with E-state index in [1.165, 1.54) is 7.11 Å². The van der Waals surface area contributed by atoms with Crippen LogP contribution in [0.25, 0.3) is 0 Å². The maximum atomic E-state index is 12.6. The van der Waals surface area contributed by atoms with Gasteiger partial charge in [0.1, 0.15) is 11.5 Å². The monoisotopic (exact) mass is 366 g/mol. The van der Waals surface area contributed by atoms with Gasteiger partial charge in [-0.25, -0.2) is 0 Å². The zero-order chi connectivity index (χ0) is 19.6. The Morgan fingerprint density at radius 2 is 2.04 bits per heavy atom. The Bertz CT molecular complexity index is 907. The van der Waals surface area contributed by atoms with Gasteiger partial charge in [-0.2, -0.15) is 0 Å². The second-order valence-electron chi connectivity index (χ2n) is 6.48. The van der Waals surface area contributed by atoms with Crippen molar-refractivity contribution in [3.63, 3.8) is 0 Å². The van der Waals surface area contributed by atoms with E-state index >= 15 is 0 Å². The Morgan fingerprint density at radius 3 is 2.74 bits per heavy atom. The molecular formula is C21H22N2O4. The molecular weight excluding hydrogens is 344 g/mol. The van der Waals surface area contributed by atoms with Crippen molar-refractivity contribution in [3.05, 3.63) is 60.2 Å². The molecule has 0 aliphatic carbocycles. The number of rotatable bonds is 5. The molecule has 0 aromatic heterocycles. The Labute approximate surface area is 158 Å². The van der Waals surface area contributed by atoms with E-state index in [0.717, 1.165) is 5.57 Å². The van der Waals surface area contributed by atoms with Gasteiger partial charge in [0, 0.05) is 18.3 Å². The molecule has 140 valence electrons. The fraction of sp³-hybridized carbons (Fsp3) is 0.238. The van der Waals surface area contributed by atoms with Crippen LogP contribution in [0.15, 0.2) is 54.6 Å². The third kappa shape index (κ3) is 3.79. The van der Waals surface area contributed by atoms with Gasteiger partial charge in [-0.05, 0) is 38.1 Å². The molecule has 2 amide bonds. The first-order valence-corrected chi connectivity index (χ1v) is 8.61. The summed E-state index contributed by atoms with van der Waals surface area (Å²) in [6, 6.07) is 12.2. The molecule has 6 heteroatoms. The molecule has 2 aromatic rings. The average Bonchev–Trinajstić information content (AvgIpc) is 2.65. The van der Waals surface area contributed by atoms with Crippen molar-refractivity contribution in [1.29, 1.82) is 0 Å². The maximum absolute atomic E-state index is 12.6. The number of ether oxygens (including phenoxy) is 2. The largest absolute Gasteiger partial charge is 0.496 e. The van der Waals surface area contributed by atoms with Gasteiger partial charge in [0.15, 0.2) is 6.10 Å². The number of hydrogen-bond donors (Lipinski definition) is 1. The molecule has 3 rings (SSSR count). The quantitative estimate of drug-likeness (QED) is 0.821. The third-order valence-electron chi connectivity index (χ3n) is 4.21. The maximum Gasteiger partial charge on any atom is 0.268 e. The van der Waals surface area contributed by atoms with Crippen molar-refractivity contribution in [2.45, 2.75) is 20.0 Å². The summed E-state index contributed by atoms with van der Waals surface area (Å²) in [5.41, 5.74) is 2.54. The summed E-state index contributed by atoms with van der Waals surface area (Å²) in [5, 5.41) is 2.84. The van der Waals surface area contributed by atoms with Crippen LogP contribution in [0.4, 0.5) is 11.4 Å². The minimum Gasteiger partial charge on any atom is -0.496 e. The predicted molar refractivity (Wildman–Crippen MR) is 105 cm³/mol. The van der Waals surface area contributed by atoms with E-state index in [1.807, 2.05) is 6.92 Å². The summed E-state index contributed by atoms with van der Waals surface area (Å²) < 4.78 is 11.0. The Morgan fingerprint density at radius 1 is 1.30 bits per heavy atom. The molecule has 0 fully saturated rings. The molecule has 1 aliphatic heterocycles. The summed E-state index contributed by atoms with van der Waals surface area (Å²) >= 11 is 0. The number of fused-ring (bicyclic) bond motifs is 1. The number of nitrogens with one attached hydrogen (secondary N) is 1. The van der Waals surface area contributed by atoms with Crippen LogP contribution in [-0.4, -0.2) is 31.6 Å². The van der Waals surface area contributed by atoms with Crippen molar-refractivity contribution < 1.29 is 19.1 Å². The minimum atomic E-state index is -0.600. The lowest BCUT2D eigenvalue weighted by Crippen LogP contribution is -2.45. The normalized spacial score (nSPS) is 15.6. The SMILES string of the molecule is C=C(C)CN1C(=O)C(C)Oc2cc(NC(=O)c3ccccc3OC)ccc21. The van der Waals surface area contributed by atoms with Crippen LogP contribution in [0.2, 0.25) is 0 Å². The summed E-state index contributed by atoms with van der Waals surface area (Å²) in [4.78, 5) is 26.6. The highest BCUT2D eigenvalue weighted by Crippen LogP contribution is 2.36. The van der Waals surface area contributed by atoms with Gasteiger partial charge < -0.3 is 19.7 Å². The number of methoxy groups -OCH3 is 1. The molecule has 0 spiro atoms. The minimum absolute atomic E-state index is 0.115. The summed E-state index contributed by atoms with van der Waals surface area (Å²) in [6.45, 7) is 7.88. The molecule has 0 radical (unpaired) electrons. The van der Waals surface area contributed by atoms with Crippen LogP contribution < -0.4 is 19.7 Å². The highest BCUT2D eigenvalue weighted by molar-refractivity contribution is 6.07. The van der Waals surface area contributed by atoms with Crippen molar-refractivity contribution in [2.75, 3.05) is 23.9 Å². The molecule has 1 atom stereocenters. The van der Waals surface area contributed by atoms with E-state index in [9.17, 15) is 9.59 Å². The van der Waals surface area contributed by atoms with Crippen LogP contribution >= 0.6 is 0 Å². The molecule has 0 saturated carbocycles. The van der Waals surface area contributed by atoms with E-state index in [4.69, 9.17) is 9.47 Å². The van der Waals surface area contributed by atoms with E-state index in [2.05, 4.69) is 11.9 Å². The number of amides is 2. The van der Waals surface area contributed by atoms with Crippen molar-refractivity contribution in [2.24, 2.45) is 0 Å². The topological polar surface area (TPSA) is 67.9 Å². The molecule has 0 saturated heterocycles. The molecule has 2 aromatic carbocycles. The van der Waals surface area contributed by atoms with Crippen LogP contribution in [0.3, 0.4) is 0 Å². The number of hydrogen-bond acceptors (Lipinski definition) is 4. The second kappa shape index (κ2) is 7.53. The van der Waals surface area contributed by atoms with E-state index < -0.39 is 6.10 Å². The molecule has 1 heterocycles. The van der Waals surface area contributed by atoms with Gasteiger partial charge in [-0.1, -0.05) is 24.3 Å². The predicted octanol–water partition coefficient (Wildman–Crippen LogP) is 3.64. The van der Waals surface area contributed by atoms with Crippen molar-refractivity contribution >= 4 is 23.2 Å². The average molecular weight is 366 g/mol. The second-order valence-corrected chi connectivity index (χ2v) is 6.48. The number of para-hydroxylation sites is 1. The lowest BCUT2D eigenvalue weighted by atomic mass is 10.1. The smallest absolute Gasteiger partial charge is 0.268 e. The van der Waals surface area contributed by atoms with E-state index in [0.29, 0.717) is 35.0 Å². The van der Waals surface area contributed by atoms with Gasteiger partial charge in [0.05, 0.1) is 18.4 Å². The van der Waals surface area contributed by atoms with Gasteiger partial charge in [0.25, 0.3) is 11.8 Å². The van der Waals surface area contributed by atoms with Crippen LogP contribution in [0.5, 0.6) is 11.5 Å². The fourth-order valence-electron chi connectivity index (χ4n) is 2.95. The zero-order valence-corrected chi connectivity index (χ0v) is 15.6. The first-order valence-electron chi connectivity index (χ1n) is 8.61. The number of carbonyl (C=O) groups is 2. The summed E-state index contributed by atoms with van der Waals surface area (Å²) in [6.07, 6.45) is -0.600. The number of anilines is 2.